The number of benzene rings is 2. The van der Waals surface area contributed by atoms with Gasteiger partial charge in [-0.2, -0.15) is 0 Å². The lowest BCUT2D eigenvalue weighted by atomic mass is 9.95. The van der Waals surface area contributed by atoms with E-state index in [2.05, 4.69) is 14.7 Å². The van der Waals surface area contributed by atoms with Crippen molar-refractivity contribution in [1.82, 2.24) is 14.5 Å². The van der Waals surface area contributed by atoms with Gasteiger partial charge >= 0.3 is 0 Å². The van der Waals surface area contributed by atoms with Crippen molar-refractivity contribution in [3.05, 3.63) is 71.1 Å². The molecule has 0 radical (unpaired) electrons. The number of para-hydroxylation sites is 1. The van der Waals surface area contributed by atoms with Crippen LogP contribution in [0.2, 0.25) is 0 Å². The lowest BCUT2D eigenvalue weighted by molar-refractivity contribution is 0.349. The van der Waals surface area contributed by atoms with Crippen LogP contribution in [-0.2, 0) is 10.0 Å². The van der Waals surface area contributed by atoms with Crippen LogP contribution in [0.15, 0.2) is 70.5 Å². The Hall–Kier alpha value is -3.92. The summed E-state index contributed by atoms with van der Waals surface area (Å²) in [7, 11) is -3.98. The van der Waals surface area contributed by atoms with E-state index in [4.69, 9.17) is 11.5 Å². The van der Waals surface area contributed by atoms with Crippen LogP contribution >= 0.6 is 0 Å². The molecule has 4 aromatic rings. The predicted octanol–water partition coefficient (Wildman–Crippen LogP) is 3.93. The number of nitrogens with one attached hydrogen (secondary N) is 1. The van der Waals surface area contributed by atoms with E-state index >= 15 is 0 Å². The quantitative estimate of drug-likeness (QED) is 0.384. The van der Waals surface area contributed by atoms with Crippen LogP contribution in [0.4, 0.5) is 17.5 Å². The smallest absolute Gasteiger partial charge is 0.265 e. The summed E-state index contributed by atoms with van der Waals surface area (Å²) in [6.07, 6.45) is 6.55. The Bertz CT molecular complexity index is 1560. The summed E-state index contributed by atoms with van der Waals surface area (Å²) < 4.78 is 30.2. The molecule has 35 heavy (non-hydrogen) atoms. The van der Waals surface area contributed by atoms with Gasteiger partial charge in [0.25, 0.3) is 15.6 Å². The minimum absolute atomic E-state index is 0.0378. The highest BCUT2D eigenvalue weighted by atomic mass is 32.2. The first-order valence-corrected chi connectivity index (χ1v) is 13.0. The number of aromatic nitrogens is 3. The topological polar surface area (TPSA) is 146 Å². The van der Waals surface area contributed by atoms with E-state index in [1.165, 1.54) is 12.3 Å². The zero-order valence-electron chi connectivity index (χ0n) is 19.0. The molecular weight excluding hydrogens is 464 g/mol. The predicted molar refractivity (Wildman–Crippen MR) is 137 cm³/mol. The number of nitrogens with two attached hydrogens (primary N) is 2. The van der Waals surface area contributed by atoms with Gasteiger partial charge in [0.1, 0.15) is 10.7 Å². The van der Waals surface area contributed by atoms with Gasteiger partial charge in [-0.3, -0.25) is 14.1 Å². The molecule has 1 saturated carbocycles. The maximum absolute atomic E-state index is 13.4. The molecule has 2 aromatic carbocycles. The van der Waals surface area contributed by atoms with E-state index in [1.54, 1.807) is 53.1 Å². The van der Waals surface area contributed by atoms with Crippen molar-refractivity contribution in [2.75, 3.05) is 16.2 Å². The third-order valence-corrected chi connectivity index (χ3v) is 7.81. The first-order valence-electron chi connectivity index (χ1n) is 11.5. The first-order chi connectivity index (χ1) is 16.8. The SMILES string of the molecule is Nc1ncc(-c2ccc3nc(N)n(C4CCCCC4)c(=O)c3c2)cc1S(=O)(=O)Nc1ccccc1. The number of fused-ring (bicyclic) bond motifs is 1. The van der Waals surface area contributed by atoms with Gasteiger partial charge in [0, 0.05) is 23.5 Å². The molecule has 2 aromatic heterocycles. The fourth-order valence-corrected chi connectivity index (χ4v) is 5.80. The van der Waals surface area contributed by atoms with E-state index in [0.29, 0.717) is 27.7 Å². The highest BCUT2D eigenvalue weighted by Gasteiger charge is 2.22. The minimum Gasteiger partial charge on any atom is -0.383 e. The van der Waals surface area contributed by atoms with Crippen LogP contribution in [0.3, 0.4) is 0 Å². The van der Waals surface area contributed by atoms with Gasteiger partial charge in [-0.1, -0.05) is 43.5 Å². The molecule has 0 unspecified atom stereocenters. The van der Waals surface area contributed by atoms with Crippen molar-refractivity contribution < 1.29 is 8.42 Å². The van der Waals surface area contributed by atoms with Gasteiger partial charge < -0.3 is 11.5 Å². The van der Waals surface area contributed by atoms with Crippen LogP contribution in [0.1, 0.15) is 38.1 Å². The number of rotatable bonds is 5. The molecule has 0 spiro atoms. The Morgan fingerprint density at radius 1 is 0.943 bits per heavy atom. The molecule has 0 amide bonds. The van der Waals surface area contributed by atoms with Crippen molar-refractivity contribution in [3.8, 4) is 11.1 Å². The van der Waals surface area contributed by atoms with Crippen LogP contribution in [-0.4, -0.2) is 23.0 Å². The Morgan fingerprint density at radius 3 is 2.43 bits per heavy atom. The Labute approximate surface area is 202 Å². The minimum atomic E-state index is -3.98. The molecule has 2 heterocycles. The van der Waals surface area contributed by atoms with Gasteiger partial charge in [0.2, 0.25) is 5.95 Å². The Balaban J connectivity index is 1.57. The normalized spacial score (nSPS) is 14.7. The Morgan fingerprint density at radius 2 is 1.69 bits per heavy atom. The van der Waals surface area contributed by atoms with E-state index < -0.39 is 10.0 Å². The van der Waals surface area contributed by atoms with Gasteiger partial charge in [-0.25, -0.2) is 18.4 Å². The molecule has 0 atom stereocenters. The van der Waals surface area contributed by atoms with E-state index in [-0.39, 0.29) is 28.3 Å². The van der Waals surface area contributed by atoms with Crippen molar-refractivity contribution in [1.29, 1.82) is 0 Å². The summed E-state index contributed by atoms with van der Waals surface area (Å²) in [5, 5.41) is 0.422. The molecule has 5 N–H and O–H groups in total. The van der Waals surface area contributed by atoms with Crippen LogP contribution in [0, 0.1) is 0 Å². The third-order valence-electron chi connectivity index (χ3n) is 6.40. The van der Waals surface area contributed by atoms with Gasteiger partial charge in [-0.05, 0) is 48.7 Å². The summed E-state index contributed by atoms with van der Waals surface area (Å²) in [4.78, 5) is 21.8. The number of hydrogen-bond donors (Lipinski definition) is 3. The van der Waals surface area contributed by atoms with Gasteiger partial charge in [0.15, 0.2) is 0 Å². The molecule has 0 aliphatic heterocycles. The third kappa shape index (κ3) is 4.44. The average Bonchev–Trinajstić information content (AvgIpc) is 2.85. The molecule has 10 heteroatoms. The zero-order chi connectivity index (χ0) is 24.6. The monoisotopic (exact) mass is 490 g/mol. The summed E-state index contributed by atoms with van der Waals surface area (Å²) in [5.41, 5.74) is 13.9. The van der Waals surface area contributed by atoms with Crippen LogP contribution in [0.5, 0.6) is 0 Å². The molecule has 5 rings (SSSR count). The number of nitrogens with zero attached hydrogens (tertiary/aromatic N) is 3. The fraction of sp³-hybridized carbons (Fsp3) is 0.240. The van der Waals surface area contributed by atoms with E-state index in [9.17, 15) is 13.2 Å². The maximum Gasteiger partial charge on any atom is 0.265 e. The van der Waals surface area contributed by atoms with Gasteiger partial charge in [-0.15, -0.1) is 0 Å². The van der Waals surface area contributed by atoms with Crippen molar-refractivity contribution in [3.63, 3.8) is 0 Å². The average molecular weight is 491 g/mol. The van der Waals surface area contributed by atoms with Crippen molar-refractivity contribution >= 4 is 38.4 Å². The maximum atomic E-state index is 13.4. The molecule has 1 aliphatic carbocycles. The second-order valence-electron chi connectivity index (χ2n) is 8.75. The second kappa shape index (κ2) is 9.03. The number of hydrogen-bond acceptors (Lipinski definition) is 7. The van der Waals surface area contributed by atoms with Crippen molar-refractivity contribution in [2.45, 2.75) is 43.0 Å². The van der Waals surface area contributed by atoms with Crippen LogP contribution in [0.25, 0.3) is 22.0 Å². The summed E-state index contributed by atoms with van der Waals surface area (Å²) >= 11 is 0. The second-order valence-corrected chi connectivity index (χ2v) is 10.4. The molecule has 0 bridgehead atoms. The summed E-state index contributed by atoms with van der Waals surface area (Å²) in [6, 6.07) is 15.2. The molecule has 1 aliphatic rings. The van der Waals surface area contributed by atoms with Crippen LogP contribution < -0.4 is 21.7 Å². The van der Waals surface area contributed by atoms with E-state index in [0.717, 1.165) is 32.1 Å². The lowest BCUT2D eigenvalue weighted by Crippen LogP contribution is -2.29. The molecule has 1 fully saturated rings. The first kappa shape index (κ1) is 22.9. The lowest BCUT2D eigenvalue weighted by Gasteiger charge is -2.25. The highest BCUT2D eigenvalue weighted by Crippen LogP contribution is 2.31. The molecular formula is C25H26N6O3S. The molecule has 180 valence electrons. The number of nitrogen functional groups attached to an aromatic ring is 2. The number of anilines is 3. The number of pyridine rings is 1. The highest BCUT2D eigenvalue weighted by molar-refractivity contribution is 7.92. The van der Waals surface area contributed by atoms with E-state index in [1.807, 2.05) is 0 Å². The molecule has 0 saturated heterocycles. The van der Waals surface area contributed by atoms with Crippen molar-refractivity contribution in [2.24, 2.45) is 0 Å². The fourth-order valence-electron chi connectivity index (χ4n) is 4.63. The summed E-state index contributed by atoms with van der Waals surface area (Å²) in [6.45, 7) is 0. The number of sulfonamides is 1. The van der Waals surface area contributed by atoms with Gasteiger partial charge in [0.05, 0.1) is 10.9 Å². The standard InChI is InChI=1S/C25H26N6O3S/c26-23-22(35(33,34)30-18-7-3-1-4-8-18)14-17(15-28-23)16-11-12-21-20(13-16)24(32)31(25(27)29-21)19-9-5-2-6-10-19/h1,3-4,7-8,11-15,19,30H,2,5-6,9-10H2,(H2,26,28)(H2,27,29). The molecule has 9 nitrogen and oxygen atoms in total. The Kier molecular flexibility index (Phi) is 5.89. The summed E-state index contributed by atoms with van der Waals surface area (Å²) in [5.74, 6) is 0.101. The largest absolute Gasteiger partial charge is 0.383 e. The zero-order valence-corrected chi connectivity index (χ0v) is 19.8.